The summed E-state index contributed by atoms with van der Waals surface area (Å²) in [5, 5.41) is 0. The molecule has 200 valence electrons. The Morgan fingerprint density at radius 1 is 0.455 bits per heavy atom. The first kappa shape index (κ1) is 33.1. The number of methoxy groups -OCH3 is 4. The highest BCUT2D eigenvalue weighted by atomic mass is 31.2. The molecular formula is C24H56N4O4P+. The highest BCUT2D eigenvalue weighted by molar-refractivity contribution is 7.66. The predicted octanol–water partition coefficient (Wildman–Crippen LogP) is 4.10. The molecule has 0 unspecified atom stereocenters. The lowest BCUT2D eigenvalue weighted by molar-refractivity contribution is 0.115. The quantitative estimate of drug-likeness (QED) is 0.186. The highest BCUT2D eigenvalue weighted by Gasteiger charge is 2.60. The summed E-state index contributed by atoms with van der Waals surface area (Å²) in [5.74, 6) is 0. The Hall–Kier alpha value is 0.110. The summed E-state index contributed by atoms with van der Waals surface area (Å²) in [6.07, 6.45) is 4.74. The van der Waals surface area contributed by atoms with E-state index in [1.165, 1.54) is 25.7 Å². The van der Waals surface area contributed by atoms with Crippen LogP contribution in [0.3, 0.4) is 0 Å². The molecule has 0 atom stereocenters. The molecule has 0 saturated heterocycles. The smallest absolute Gasteiger partial charge is 0.308 e. The highest BCUT2D eigenvalue weighted by Crippen LogP contribution is 2.69. The number of unbranched alkanes of at least 4 members (excludes halogenated alkanes) is 2. The van der Waals surface area contributed by atoms with Crippen molar-refractivity contribution in [3.05, 3.63) is 0 Å². The molecule has 0 spiro atoms. The van der Waals surface area contributed by atoms with E-state index < -0.39 is 7.87 Å². The van der Waals surface area contributed by atoms with Gasteiger partial charge in [-0.1, -0.05) is 26.7 Å². The van der Waals surface area contributed by atoms with Crippen LogP contribution >= 0.6 is 7.87 Å². The fourth-order valence-corrected chi connectivity index (χ4v) is 9.39. The Kier molecular flexibility index (Phi) is 21.5. The van der Waals surface area contributed by atoms with E-state index in [-0.39, 0.29) is 0 Å². The zero-order valence-electron chi connectivity index (χ0n) is 23.2. The number of ether oxygens (including phenoxy) is 4. The van der Waals surface area contributed by atoms with E-state index >= 15 is 0 Å². The summed E-state index contributed by atoms with van der Waals surface area (Å²) < 4.78 is 33.3. The van der Waals surface area contributed by atoms with Gasteiger partial charge in [-0.3, -0.25) is 0 Å². The first-order valence-corrected chi connectivity index (χ1v) is 14.5. The van der Waals surface area contributed by atoms with Crippen molar-refractivity contribution < 1.29 is 18.9 Å². The van der Waals surface area contributed by atoms with Crippen molar-refractivity contribution in [3.63, 3.8) is 0 Å². The minimum absolute atomic E-state index is 0.699. The molecule has 0 amide bonds. The number of hydrogen-bond donors (Lipinski definition) is 0. The minimum atomic E-state index is -2.10. The van der Waals surface area contributed by atoms with Crippen molar-refractivity contribution in [2.75, 3.05) is 107 Å². The zero-order valence-corrected chi connectivity index (χ0v) is 24.1. The second kappa shape index (κ2) is 21.4. The van der Waals surface area contributed by atoms with Gasteiger partial charge in [-0.15, -0.1) is 18.7 Å². The first-order valence-electron chi connectivity index (χ1n) is 12.9. The van der Waals surface area contributed by atoms with Crippen LogP contribution in [0.2, 0.25) is 0 Å². The van der Waals surface area contributed by atoms with Crippen molar-refractivity contribution >= 4 is 7.87 Å². The summed E-state index contributed by atoms with van der Waals surface area (Å²) in [5.41, 5.74) is 0. The van der Waals surface area contributed by atoms with Gasteiger partial charge >= 0.3 is 7.87 Å². The third kappa shape index (κ3) is 10.7. The molecule has 0 aromatic carbocycles. The molecular weight excluding hydrogens is 439 g/mol. The normalized spacial score (nSPS) is 12.7. The van der Waals surface area contributed by atoms with Gasteiger partial charge in [0.2, 0.25) is 0 Å². The lowest BCUT2D eigenvalue weighted by Crippen LogP contribution is -2.55. The molecule has 0 bridgehead atoms. The van der Waals surface area contributed by atoms with E-state index in [2.05, 4.69) is 46.4 Å². The van der Waals surface area contributed by atoms with Crippen molar-refractivity contribution in [2.24, 2.45) is 0 Å². The van der Waals surface area contributed by atoms with Gasteiger partial charge in [0.25, 0.3) is 0 Å². The molecule has 0 radical (unpaired) electrons. The molecule has 0 aliphatic heterocycles. The molecule has 0 fully saturated rings. The SMILES string of the molecule is CCCCN(CC)[P+](N(CC)CCCC)(N(CCOC)CCOC)N(CCOC)CCOC. The Morgan fingerprint density at radius 3 is 0.970 bits per heavy atom. The van der Waals surface area contributed by atoms with Crippen molar-refractivity contribution in [1.82, 2.24) is 18.7 Å². The molecule has 0 heterocycles. The van der Waals surface area contributed by atoms with Crippen molar-refractivity contribution in [1.29, 1.82) is 0 Å². The Bertz CT molecular complexity index is 383. The topological polar surface area (TPSA) is 49.9 Å². The summed E-state index contributed by atoms with van der Waals surface area (Å²) in [7, 11) is 5.09. The Balaban J connectivity index is 6.86. The second-order valence-electron chi connectivity index (χ2n) is 8.21. The second-order valence-corrected chi connectivity index (χ2v) is 11.6. The molecule has 8 nitrogen and oxygen atoms in total. The van der Waals surface area contributed by atoms with Gasteiger partial charge in [0, 0.05) is 54.6 Å². The van der Waals surface area contributed by atoms with Gasteiger partial charge in [0.15, 0.2) is 0 Å². The van der Waals surface area contributed by atoms with Crippen LogP contribution in [0.4, 0.5) is 0 Å². The average Bonchev–Trinajstić information content (AvgIpc) is 2.84. The predicted molar refractivity (Wildman–Crippen MR) is 142 cm³/mol. The maximum atomic E-state index is 5.61. The largest absolute Gasteiger partial charge is 0.383 e. The van der Waals surface area contributed by atoms with Gasteiger partial charge in [-0.25, -0.2) is 0 Å². The minimum Gasteiger partial charge on any atom is -0.383 e. The number of nitrogens with zero attached hydrogens (tertiary/aromatic N) is 4. The lowest BCUT2D eigenvalue weighted by Gasteiger charge is -2.51. The van der Waals surface area contributed by atoms with E-state index in [1.807, 2.05) is 0 Å². The number of hydrogen-bond acceptors (Lipinski definition) is 8. The van der Waals surface area contributed by atoms with Crippen LogP contribution in [-0.2, 0) is 18.9 Å². The monoisotopic (exact) mass is 495 g/mol. The van der Waals surface area contributed by atoms with E-state index in [1.54, 1.807) is 28.4 Å². The van der Waals surface area contributed by atoms with E-state index in [4.69, 9.17) is 18.9 Å². The van der Waals surface area contributed by atoms with Crippen LogP contribution in [0.15, 0.2) is 0 Å². The average molecular weight is 496 g/mol. The zero-order chi connectivity index (χ0) is 25.0. The molecule has 0 rings (SSSR count). The van der Waals surface area contributed by atoms with Gasteiger partial charge in [0.05, 0.1) is 52.6 Å². The third-order valence-corrected chi connectivity index (χ3v) is 10.8. The summed E-state index contributed by atoms with van der Waals surface area (Å²) in [6, 6.07) is 0. The van der Waals surface area contributed by atoms with Gasteiger partial charge < -0.3 is 18.9 Å². The lowest BCUT2D eigenvalue weighted by atomic mass is 10.3. The van der Waals surface area contributed by atoms with E-state index in [9.17, 15) is 0 Å². The summed E-state index contributed by atoms with van der Waals surface area (Å²) in [6.45, 7) is 19.6. The van der Waals surface area contributed by atoms with Crippen LogP contribution in [-0.4, -0.2) is 126 Å². The maximum Gasteiger partial charge on any atom is 0.308 e. The van der Waals surface area contributed by atoms with Crippen molar-refractivity contribution in [3.8, 4) is 0 Å². The molecule has 9 heteroatoms. The summed E-state index contributed by atoms with van der Waals surface area (Å²) in [4.78, 5) is 0. The van der Waals surface area contributed by atoms with E-state index in [0.717, 1.165) is 52.4 Å². The van der Waals surface area contributed by atoms with E-state index in [0.29, 0.717) is 26.4 Å². The van der Waals surface area contributed by atoms with Crippen LogP contribution < -0.4 is 0 Å². The van der Waals surface area contributed by atoms with Crippen molar-refractivity contribution in [2.45, 2.75) is 53.4 Å². The van der Waals surface area contributed by atoms with Crippen LogP contribution in [0, 0.1) is 0 Å². The van der Waals surface area contributed by atoms with Crippen LogP contribution in [0.1, 0.15) is 53.4 Å². The van der Waals surface area contributed by atoms with Crippen LogP contribution in [0.25, 0.3) is 0 Å². The first-order chi connectivity index (χ1) is 16.1. The van der Waals surface area contributed by atoms with Gasteiger partial charge in [0.1, 0.15) is 0 Å². The molecule has 0 aromatic heterocycles. The van der Waals surface area contributed by atoms with Gasteiger partial charge in [-0.2, -0.15) is 0 Å². The fraction of sp³-hybridized carbons (Fsp3) is 1.00. The molecule has 0 N–H and O–H groups in total. The standard InChI is InChI=1S/C24H56N4O4P/c1-9-13-15-25(11-3)33(26(12-4)16-14-10-2,27(17-21-29-5)18-22-30-6)28(19-23-31-7)20-24-32-8/h9-24H2,1-8H3/q+1. The molecule has 0 aromatic rings. The number of rotatable bonds is 24. The van der Waals surface area contributed by atoms with Crippen LogP contribution in [0.5, 0.6) is 0 Å². The molecule has 0 aliphatic carbocycles. The summed E-state index contributed by atoms with van der Waals surface area (Å²) >= 11 is 0. The maximum absolute atomic E-state index is 5.61. The molecule has 33 heavy (non-hydrogen) atoms. The fourth-order valence-electron chi connectivity index (χ4n) is 4.27. The molecule has 0 saturated carbocycles. The van der Waals surface area contributed by atoms with Gasteiger partial charge in [-0.05, 0) is 26.7 Å². The Labute approximate surface area is 206 Å². The molecule has 0 aliphatic rings. The Morgan fingerprint density at radius 2 is 0.758 bits per heavy atom. The third-order valence-electron chi connectivity index (χ3n) is 6.00.